The van der Waals surface area contributed by atoms with Crippen molar-refractivity contribution in [3.8, 4) is 0 Å². The highest BCUT2D eigenvalue weighted by atomic mass is 15.2. The van der Waals surface area contributed by atoms with Gasteiger partial charge in [-0.05, 0) is 57.9 Å². The van der Waals surface area contributed by atoms with Crippen molar-refractivity contribution in [3.05, 3.63) is 29.8 Å². The molecule has 0 atom stereocenters. The van der Waals surface area contributed by atoms with E-state index in [-0.39, 0.29) is 5.54 Å². The highest BCUT2D eigenvalue weighted by Crippen LogP contribution is 2.20. The molecule has 110 valence electrons. The molecule has 1 heterocycles. The van der Waals surface area contributed by atoms with Crippen LogP contribution in [0.15, 0.2) is 29.3 Å². The van der Waals surface area contributed by atoms with Gasteiger partial charge in [-0.1, -0.05) is 0 Å². The molecule has 0 unspecified atom stereocenters. The molecule has 1 aliphatic heterocycles. The highest BCUT2D eigenvalue weighted by molar-refractivity contribution is 5.99. The standard InChI is InChI=1S/C17H27N3/c1-17(2,3)18-16(20-12-6-7-13-20)14-8-10-15(11-9-14)19(4)5/h8-11H,6-7,12-13H2,1-5H3. The maximum absolute atomic E-state index is 4.96. The van der Waals surface area contributed by atoms with Crippen molar-refractivity contribution in [1.29, 1.82) is 0 Å². The maximum atomic E-state index is 4.96. The minimum absolute atomic E-state index is 0.0435. The second-order valence-electron chi connectivity index (χ2n) is 6.74. The monoisotopic (exact) mass is 273 g/mol. The predicted molar refractivity (Wildman–Crippen MR) is 87.9 cm³/mol. The van der Waals surface area contributed by atoms with Crippen molar-refractivity contribution in [2.24, 2.45) is 4.99 Å². The fraction of sp³-hybridized carbons (Fsp3) is 0.588. The molecule has 3 heteroatoms. The Morgan fingerprint density at radius 3 is 2.05 bits per heavy atom. The quantitative estimate of drug-likeness (QED) is 0.607. The van der Waals surface area contributed by atoms with E-state index in [0.717, 1.165) is 18.9 Å². The van der Waals surface area contributed by atoms with Crippen molar-refractivity contribution in [2.45, 2.75) is 39.2 Å². The van der Waals surface area contributed by atoms with Crippen LogP contribution in [0.1, 0.15) is 39.2 Å². The lowest BCUT2D eigenvalue weighted by atomic mass is 10.1. The number of anilines is 1. The Morgan fingerprint density at radius 2 is 1.60 bits per heavy atom. The average Bonchev–Trinajstić information content (AvgIpc) is 2.89. The van der Waals surface area contributed by atoms with E-state index in [0.29, 0.717) is 0 Å². The molecule has 1 fully saturated rings. The first-order valence-corrected chi connectivity index (χ1v) is 7.49. The van der Waals surface area contributed by atoms with Crippen LogP contribution in [0, 0.1) is 0 Å². The van der Waals surface area contributed by atoms with E-state index >= 15 is 0 Å². The molecule has 1 aromatic rings. The molecule has 1 aliphatic rings. The number of hydrogen-bond donors (Lipinski definition) is 0. The second kappa shape index (κ2) is 5.86. The van der Waals surface area contributed by atoms with Gasteiger partial charge in [-0.2, -0.15) is 0 Å². The summed E-state index contributed by atoms with van der Waals surface area (Å²) in [6.45, 7) is 8.75. The zero-order chi connectivity index (χ0) is 14.8. The largest absolute Gasteiger partial charge is 0.378 e. The van der Waals surface area contributed by atoms with Gasteiger partial charge in [-0.25, -0.2) is 0 Å². The van der Waals surface area contributed by atoms with Crippen LogP contribution in [0.5, 0.6) is 0 Å². The van der Waals surface area contributed by atoms with Gasteiger partial charge < -0.3 is 9.80 Å². The topological polar surface area (TPSA) is 18.8 Å². The van der Waals surface area contributed by atoms with Gasteiger partial charge in [0.15, 0.2) is 0 Å². The Morgan fingerprint density at radius 1 is 1.05 bits per heavy atom. The van der Waals surface area contributed by atoms with Gasteiger partial charge in [0.1, 0.15) is 5.84 Å². The summed E-state index contributed by atoms with van der Waals surface area (Å²) >= 11 is 0. The van der Waals surface area contributed by atoms with Gasteiger partial charge in [-0.3, -0.25) is 4.99 Å². The Bertz CT molecular complexity index is 460. The summed E-state index contributed by atoms with van der Waals surface area (Å²) in [6.07, 6.45) is 2.55. The molecule has 2 rings (SSSR count). The molecule has 0 N–H and O–H groups in total. The molecule has 3 nitrogen and oxygen atoms in total. The maximum Gasteiger partial charge on any atom is 0.131 e. The lowest BCUT2D eigenvalue weighted by molar-refractivity contribution is 0.495. The van der Waals surface area contributed by atoms with Crippen LogP contribution >= 0.6 is 0 Å². The summed E-state index contributed by atoms with van der Waals surface area (Å²) in [5.74, 6) is 1.15. The van der Waals surface area contributed by atoms with E-state index in [1.54, 1.807) is 0 Å². The van der Waals surface area contributed by atoms with Gasteiger partial charge in [0.2, 0.25) is 0 Å². The van der Waals surface area contributed by atoms with Crippen molar-refractivity contribution in [1.82, 2.24) is 4.90 Å². The number of amidine groups is 1. The summed E-state index contributed by atoms with van der Waals surface area (Å²) < 4.78 is 0. The van der Waals surface area contributed by atoms with Crippen molar-refractivity contribution >= 4 is 11.5 Å². The van der Waals surface area contributed by atoms with Gasteiger partial charge in [0.25, 0.3) is 0 Å². The van der Waals surface area contributed by atoms with Crippen LogP contribution in [0.3, 0.4) is 0 Å². The van der Waals surface area contributed by atoms with Crippen LogP contribution in [0.2, 0.25) is 0 Å². The molecule has 0 saturated carbocycles. The van der Waals surface area contributed by atoms with Gasteiger partial charge in [0.05, 0.1) is 5.54 Å². The summed E-state index contributed by atoms with van der Waals surface area (Å²) in [4.78, 5) is 9.52. The smallest absolute Gasteiger partial charge is 0.131 e. The zero-order valence-corrected chi connectivity index (χ0v) is 13.5. The van der Waals surface area contributed by atoms with Crippen LogP contribution in [0.4, 0.5) is 5.69 Å². The zero-order valence-electron chi connectivity index (χ0n) is 13.5. The molecule has 0 spiro atoms. The highest BCUT2D eigenvalue weighted by Gasteiger charge is 2.20. The predicted octanol–water partition coefficient (Wildman–Crippen LogP) is 3.39. The minimum Gasteiger partial charge on any atom is -0.378 e. The van der Waals surface area contributed by atoms with Crippen molar-refractivity contribution in [2.75, 3.05) is 32.1 Å². The Labute approximate surface area is 123 Å². The van der Waals surface area contributed by atoms with E-state index in [2.05, 4.69) is 68.9 Å². The summed E-state index contributed by atoms with van der Waals surface area (Å²) in [6, 6.07) is 8.73. The second-order valence-corrected chi connectivity index (χ2v) is 6.74. The summed E-state index contributed by atoms with van der Waals surface area (Å²) in [5.41, 5.74) is 2.41. The van der Waals surface area contributed by atoms with Gasteiger partial charge >= 0.3 is 0 Å². The normalized spacial score (nSPS) is 16.6. The fourth-order valence-electron chi connectivity index (χ4n) is 2.47. The SMILES string of the molecule is CN(C)c1ccc(C(=NC(C)(C)C)N2CCCC2)cc1. The van der Waals surface area contributed by atoms with E-state index in [9.17, 15) is 0 Å². The number of rotatable bonds is 2. The van der Waals surface area contributed by atoms with Crippen molar-refractivity contribution in [3.63, 3.8) is 0 Å². The lowest BCUT2D eigenvalue weighted by Crippen LogP contribution is -2.31. The van der Waals surface area contributed by atoms with Crippen LogP contribution in [-0.4, -0.2) is 43.5 Å². The minimum atomic E-state index is -0.0435. The van der Waals surface area contributed by atoms with Crippen molar-refractivity contribution < 1.29 is 0 Å². The molecular formula is C17H27N3. The third-order valence-electron chi connectivity index (χ3n) is 3.49. The third kappa shape index (κ3) is 3.75. The summed E-state index contributed by atoms with van der Waals surface area (Å²) in [7, 11) is 4.14. The molecule has 0 radical (unpaired) electrons. The Balaban J connectivity index is 2.33. The van der Waals surface area contributed by atoms with E-state index in [1.165, 1.54) is 24.1 Å². The molecule has 0 bridgehead atoms. The van der Waals surface area contributed by atoms with Crippen LogP contribution < -0.4 is 4.90 Å². The molecule has 0 amide bonds. The van der Waals surface area contributed by atoms with Gasteiger partial charge in [-0.15, -0.1) is 0 Å². The van der Waals surface area contributed by atoms with E-state index in [1.807, 2.05) is 0 Å². The number of nitrogens with zero attached hydrogens (tertiary/aromatic N) is 3. The summed E-state index contributed by atoms with van der Waals surface area (Å²) in [5, 5.41) is 0. The van der Waals surface area contributed by atoms with Crippen LogP contribution in [0.25, 0.3) is 0 Å². The van der Waals surface area contributed by atoms with E-state index < -0.39 is 0 Å². The number of aliphatic imine (C=N–C) groups is 1. The average molecular weight is 273 g/mol. The first-order valence-electron chi connectivity index (χ1n) is 7.49. The molecular weight excluding hydrogens is 246 g/mol. The Hall–Kier alpha value is -1.51. The third-order valence-corrected chi connectivity index (χ3v) is 3.49. The number of benzene rings is 1. The molecule has 20 heavy (non-hydrogen) atoms. The molecule has 1 aromatic carbocycles. The molecule has 1 saturated heterocycles. The Kier molecular flexibility index (Phi) is 4.36. The molecule has 0 aliphatic carbocycles. The number of hydrogen-bond acceptors (Lipinski definition) is 2. The molecule has 0 aromatic heterocycles. The lowest BCUT2D eigenvalue weighted by Gasteiger charge is -2.25. The van der Waals surface area contributed by atoms with E-state index in [4.69, 9.17) is 4.99 Å². The number of likely N-dealkylation sites (tertiary alicyclic amines) is 1. The van der Waals surface area contributed by atoms with Gasteiger partial charge in [0, 0.05) is 38.4 Å². The fourth-order valence-corrected chi connectivity index (χ4v) is 2.47. The first kappa shape index (κ1) is 14.9. The van der Waals surface area contributed by atoms with Crippen LogP contribution in [-0.2, 0) is 0 Å². The first-order chi connectivity index (χ1) is 9.37.